The van der Waals surface area contributed by atoms with E-state index in [0.717, 1.165) is 45.6 Å². The third kappa shape index (κ3) is 34.4. The summed E-state index contributed by atoms with van der Waals surface area (Å²) in [5, 5.41) is 35.4. The average Bonchev–Trinajstić information content (AvgIpc) is 1.61. The Hall–Kier alpha value is -12.4. The van der Waals surface area contributed by atoms with E-state index in [-0.39, 0.29) is 155 Å². The molecule has 788 valence electrons. The number of nitrogens with two attached hydrogens (primary N) is 1. The number of alkyl carbamates (subject to hydrolysis) is 1. The van der Waals surface area contributed by atoms with Crippen LogP contribution < -0.4 is 48.3 Å². The van der Waals surface area contributed by atoms with Gasteiger partial charge in [0.15, 0.2) is 0 Å². The number of rotatable bonds is 52. The monoisotopic (exact) mass is 2020 g/mol. The molecule has 7 aromatic rings. The molecule has 3 aliphatic rings. The summed E-state index contributed by atoms with van der Waals surface area (Å²) in [5.41, 5.74) is 15.0. The highest BCUT2D eigenvalue weighted by Crippen LogP contribution is 2.45. The Kier molecular flexibility index (Phi) is 48.5. The molecule has 0 bridgehead atoms. The molecule has 37 heteroatoms. The van der Waals surface area contributed by atoms with E-state index in [2.05, 4.69) is 94.5 Å². The lowest BCUT2D eigenvalue weighted by molar-refractivity contribution is -0.148. The second-order valence-corrected chi connectivity index (χ2v) is 38.7. The van der Waals surface area contributed by atoms with Gasteiger partial charge in [0.1, 0.15) is 35.8 Å². The van der Waals surface area contributed by atoms with Crippen molar-refractivity contribution < 1.29 is 95.9 Å². The molecule has 5 aromatic carbocycles. The predicted molar refractivity (Wildman–Crippen MR) is 553 cm³/mol. The van der Waals surface area contributed by atoms with Crippen LogP contribution in [-0.2, 0) is 102 Å². The number of likely N-dealkylation sites (N-methyl/N-ethyl adjacent to an activating group) is 2. The number of thiazole rings is 1. The lowest BCUT2D eigenvalue weighted by Crippen LogP contribution is -2.60. The summed E-state index contributed by atoms with van der Waals surface area (Å²) in [6, 6.07) is 38.2. The van der Waals surface area contributed by atoms with Crippen molar-refractivity contribution in [2.24, 2.45) is 35.3 Å². The van der Waals surface area contributed by atoms with Crippen LogP contribution >= 0.6 is 11.3 Å². The minimum atomic E-state index is -1.03. The zero-order chi connectivity index (χ0) is 105. The van der Waals surface area contributed by atoms with Gasteiger partial charge in [-0.05, 0) is 145 Å². The molecule has 2 aromatic heterocycles. The van der Waals surface area contributed by atoms with E-state index in [1.165, 1.54) is 52.6 Å². The number of ether oxygens (including phenoxy) is 6. The van der Waals surface area contributed by atoms with Gasteiger partial charge in [0.2, 0.25) is 53.2 Å². The number of methoxy groups -OCH3 is 3. The number of aliphatic carboxylic acids is 1. The van der Waals surface area contributed by atoms with Crippen molar-refractivity contribution in [3.8, 4) is 11.1 Å². The molecular weight excluding hydrogens is 1860 g/mol. The number of amides is 13. The number of urea groups is 1. The maximum absolute atomic E-state index is 14.4. The van der Waals surface area contributed by atoms with Crippen molar-refractivity contribution in [2.45, 2.75) is 239 Å². The number of carbonyl (C=O) groups is 13. The van der Waals surface area contributed by atoms with Crippen LogP contribution in [0.1, 0.15) is 191 Å². The Morgan fingerprint density at radius 2 is 1.28 bits per heavy atom. The second-order valence-electron chi connectivity index (χ2n) is 37.8. The topological polar surface area (TPSA) is 454 Å². The van der Waals surface area contributed by atoms with E-state index in [0.29, 0.717) is 90.0 Å². The Labute approximate surface area is 851 Å². The lowest BCUT2D eigenvalue weighted by Gasteiger charge is -2.41. The van der Waals surface area contributed by atoms with Crippen LogP contribution in [0.15, 0.2) is 145 Å². The van der Waals surface area contributed by atoms with Crippen LogP contribution in [0.3, 0.4) is 0 Å². The van der Waals surface area contributed by atoms with Crippen LogP contribution in [0.2, 0.25) is 0 Å². The van der Waals surface area contributed by atoms with Gasteiger partial charge < -0.3 is 106 Å². The van der Waals surface area contributed by atoms with Crippen molar-refractivity contribution in [1.29, 1.82) is 0 Å². The molecule has 144 heavy (non-hydrogen) atoms. The number of piperidine rings is 1. The number of aromatic nitrogens is 2. The molecular formula is C107H154N16O20S. The maximum Gasteiger partial charge on any atom is 0.409 e. The molecule has 2 fully saturated rings. The molecule has 10 rings (SSSR count). The molecule has 0 spiro atoms. The highest BCUT2D eigenvalue weighted by Gasteiger charge is 2.45. The fraction of sp³-hybridized carbons (Fsp3) is 0.551. The summed E-state index contributed by atoms with van der Waals surface area (Å²) < 4.78 is 35.4. The van der Waals surface area contributed by atoms with Gasteiger partial charge in [0.05, 0.1) is 82.6 Å². The number of para-hydroxylation sites is 1. The summed E-state index contributed by atoms with van der Waals surface area (Å²) in [4.78, 5) is 183. The van der Waals surface area contributed by atoms with E-state index in [9.17, 15) is 62.3 Å². The van der Waals surface area contributed by atoms with Crippen molar-refractivity contribution in [3.05, 3.63) is 178 Å². The first-order valence-corrected chi connectivity index (χ1v) is 51.1. The molecule has 0 saturated carbocycles. The third-order valence-corrected chi connectivity index (χ3v) is 27.8. The molecule has 2 saturated heterocycles. The summed E-state index contributed by atoms with van der Waals surface area (Å²) in [7, 11) is 11.0. The fourth-order valence-electron chi connectivity index (χ4n) is 18.9. The molecule has 0 radical (unpaired) electrons. The molecule has 4 heterocycles. The van der Waals surface area contributed by atoms with Crippen molar-refractivity contribution in [1.82, 2.24) is 71.3 Å². The lowest BCUT2D eigenvalue weighted by atomic mass is 9.89. The quantitative estimate of drug-likeness (QED) is 0.0158. The number of likely N-dealkylation sites (tertiary alicyclic amines) is 2. The van der Waals surface area contributed by atoms with Gasteiger partial charge in [-0.2, -0.15) is 0 Å². The smallest absolute Gasteiger partial charge is 0.409 e. The highest BCUT2D eigenvalue weighted by molar-refractivity contribution is 7.09. The Morgan fingerprint density at radius 3 is 1.88 bits per heavy atom. The minimum Gasteiger partial charge on any atom is -0.481 e. The Morgan fingerprint density at radius 1 is 0.639 bits per heavy atom. The number of primary amides is 1. The van der Waals surface area contributed by atoms with E-state index in [4.69, 9.17) is 39.3 Å². The molecule has 11 atom stereocenters. The SMILES string of the molecule is CC[C@H](C)[C@@H]([C@@H](CC(=O)N1CCC[C@H]1[C@H](OC)[C@@H](C)C(=O)N[C@@H](Cc1ccccc1)c1nccs1)OC)N(C)C(=O)[C@@H](NC(=O)[C@H](C(C)C)N(C)C(=O)OC)C(C)C.CCc1ccc(NC(=O)[C@H](CCCNC(N)=O)NC(=O)[C@@H](NC(=O)CCC(=O)N(CCOCCOCCC(=O)O)C2CCN(C(=O)CCn3c(CNC)cc4ccccc43)CC2)C(C)C)cc1.CNC(=O)OCC1c2ccccc2-c2ccccc21. The normalized spacial score (nSPS) is 15.5. The van der Waals surface area contributed by atoms with Gasteiger partial charge in [-0.25, -0.2) is 19.4 Å². The number of nitrogens with one attached hydrogen (secondary N) is 8. The largest absolute Gasteiger partial charge is 0.481 e. The van der Waals surface area contributed by atoms with Crippen LogP contribution in [0.25, 0.3) is 22.0 Å². The summed E-state index contributed by atoms with van der Waals surface area (Å²) in [6.45, 7) is 22.8. The number of aryl methyl sites for hydroxylation is 2. The molecule has 13 amide bonds. The first-order chi connectivity index (χ1) is 69.0. The number of carbonyl (C=O) groups excluding carboxylic acids is 12. The Balaban J connectivity index is 0.000000298. The number of hydrogen-bond acceptors (Lipinski definition) is 22. The van der Waals surface area contributed by atoms with E-state index in [1.54, 1.807) is 70.3 Å². The number of anilines is 1. The average molecular weight is 2020 g/mol. The first kappa shape index (κ1) is 117. The van der Waals surface area contributed by atoms with Crippen molar-refractivity contribution in [2.75, 3.05) is 121 Å². The van der Waals surface area contributed by atoms with Gasteiger partial charge >= 0.3 is 24.2 Å². The number of hydrogen-bond donors (Lipinski definition) is 10. The van der Waals surface area contributed by atoms with Gasteiger partial charge in [0.25, 0.3) is 0 Å². The van der Waals surface area contributed by atoms with Gasteiger partial charge in [-0.1, -0.05) is 185 Å². The molecule has 11 N–H and O–H groups in total. The molecule has 1 aliphatic carbocycles. The summed E-state index contributed by atoms with van der Waals surface area (Å²) in [5.74, 6) is -5.35. The van der Waals surface area contributed by atoms with Gasteiger partial charge in [-0.15, -0.1) is 11.3 Å². The van der Waals surface area contributed by atoms with Crippen LogP contribution in [0.4, 0.5) is 20.1 Å². The maximum atomic E-state index is 14.4. The molecule has 2 aliphatic heterocycles. The van der Waals surface area contributed by atoms with E-state index in [1.807, 2.05) is 156 Å². The zero-order valence-electron chi connectivity index (χ0n) is 86.8. The Bertz CT molecular complexity index is 5230. The first-order valence-electron chi connectivity index (χ1n) is 50.2. The van der Waals surface area contributed by atoms with E-state index >= 15 is 0 Å². The predicted octanol–water partition coefficient (Wildman–Crippen LogP) is 11.6. The summed E-state index contributed by atoms with van der Waals surface area (Å²) >= 11 is 1.49. The highest BCUT2D eigenvalue weighted by atomic mass is 32.1. The fourth-order valence-corrected chi connectivity index (χ4v) is 19.6. The molecule has 36 nitrogen and oxygen atoms in total. The van der Waals surface area contributed by atoms with Gasteiger partial charge in [-0.3, -0.25) is 52.8 Å². The van der Waals surface area contributed by atoms with Gasteiger partial charge in [0, 0.05) is 141 Å². The van der Waals surface area contributed by atoms with Crippen LogP contribution in [0, 0.1) is 29.6 Å². The van der Waals surface area contributed by atoms with Crippen LogP contribution in [0.5, 0.6) is 0 Å². The standard InChI is InChI=1S/C48H71N9O10.C43H68N6O8S.C16H15NO2/c1-5-34-12-14-36(15-13-34)52-46(63)39(10-8-22-51-48(49)65)53-47(64)45(33(2)3)54-41(58)16-17-43(60)57(26-28-67-30-29-66-27-21-44(61)62)37-18-23-55(24-19-37)42(59)20-25-56-38(32-50-4)31-35-9-6-7-11-40(35)56;1-13-28(6)37(47(8)42(53)35(26(2)3)46-40(52)36(27(4)5)48(9)43(54)57-12)33(55-10)25-34(50)49-22-17-20-32(49)38(56-11)29(7)39(51)45-31(41-44-21-23-58-41)24-30-18-15-14-16-19-30;1-17-16(18)19-10-15-13-8-4-2-6-11(13)12-7-3-5-9-14(12)15/h6-7,9,11-15,31,33,37,39,45,50H,5,8,10,16-30,32H2,1-4H3,(H,52,63)(H,53,64)(H,54,58)(H,61,62)(H3,49,51,65);14-16,18-19,21,23,26-29,31-33,35-38H,13,17,20,22,24-25H2,1-12H3,(H,45,51)(H,46,52);2-9,15H,10H2,1H3,(H,17,18)/t39-,45-;28-,29+,31-,32-,33+,35-,36-,37-,38+;/m00./s1. The third-order valence-electron chi connectivity index (χ3n) is 26.9. The number of carboxylic acids is 1. The van der Waals surface area contributed by atoms with Crippen molar-refractivity contribution in [3.63, 3.8) is 0 Å². The molecule has 0 unspecified atom stereocenters. The number of carboxylic acid groups (broad SMARTS) is 1. The summed E-state index contributed by atoms with van der Waals surface area (Å²) in [6.07, 6.45) is 4.40. The number of benzene rings is 5. The van der Waals surface area contributed by atoms with Crippen molar-refractivity contribution >= 4 is 105 Å². The van der Waals surface area contributed by atoms with E-state index < -0.39 is 90.1 Å². The second kappa shape index (κ2) is 59.7. The van der Waals surface area contributed by atoms with Crippen LogP contribution in [-0.4, -0.2) is 286 Å². The zero-order valence-corrected chi connectivity index (χ0v) is 87.6. The minimum absolute atomic E-state index is 0.00210. The number of nitrogens with zero attached hydrogens (tertiary/aromatic N) is 7. The number of fused-ring (bicyclic) bond motifs is 4.